The van der Waals surface area contributed by atoms with E-state index < -0.39 is 0 Å². The molecule has 0 radical (unpaired) electrons. The number of hydrogen-bond donors (Lipinski definition) is 0. The van der Waals surface area contributed by atoms with Gasteiger partial charge in [-0.15, -0.1) is 22.7 Å². The summed E-state index contributed by atoms with van der Waals surface area (Å²) in [7, 11) is 0. The summed E-state index contributed by atoms with van der Waals surface area (Å²) in [4.78, 5) is 2.94. The quantitative estimate of drug-likeness (QED) is 0.200. The fourth-order valence-corrected chi connectivity index (χ4v) is 7.44. The number of thiophene rings is 2. The van der Waals surface area contributed by atoms with Gasteiger partial charge in [0, 0.05) is 19.2 Å². The molecule has 0 amide bonds. The van der Waals surface area contributed by atoms with Crippen molar-refractivity contribution < 1.29 is 0 Å². The van der Waals surface area contributed by atoms with Crippen LogP contribution in [0.15, 0.2) is 109 Å². The minimum atomic E-state index is 1.10. The zero-order valence-corrected chi connectivity index (χ0v) is 21.7. The molecule has 0 atom stereocenters. The second-order valence-electron chi connectivity index (χ2n) is 9.72. The third-order valence-corrected chi connectivity index (χ3v) is 9.49. The van der Waals surface area contributed by atoms with Crippen molar-refractivity contribution in [3.8, 4) is 0 Å². The lowest BCUT2D eigenvalue weighted by molar-refractivity contribution is 0.982. The first kappa shape index (κ1) is 21.8. The van der Waals surface area contributed by atoms with Crippen LogP contribution >= 0.6 is 22.7 Å². The normalized spacial score (nSPS) is 11.8. The molecular weight excluding hydrogens is 473 g/mol. The lowest BCUT2D eigenvalue weighted by atomic mass is 10.0. The van der Waals surface area contributed by atoms with E-state index in [1.165, 1.54) is 62.6 Å². The Kier molecular flexibility index (Phi) is 5.57. The van der Waals surface area contributed by atoms with Crippen LogP contribution in [0.5, 0.6) is 0 Å². The number of benzene rings is 5. The number of aryl methyl sites for hydroxylation is 4. The maximum absolute atomic E-state index is 2.40. The molecule has 0 aliphatic carbocycles. The highest BCUT2D eigenvalue weighted by Gasteiger charge is 2.09. The lowest BCUT2D eigenvalue weighted by Gasteiger charge is -2.04. The minimum absolute atomic E-state index is 1.10. The monoisotopic (exact) mass is 498 g/mol. The van der Waals surface area contributed by atoms with E-state index in [0.29, 0.717) is 0 Å². The molecule has 7 aromatic rings. The van der Waals surface area contributed by atoms with Crippen LogP contribution in [0.25, 0.3) is 41.7 Å². The predicted octanol–water partition coefficient (Wildman–Crippen LogP) is 9.99. The van der Waals surface area contributed by atoms with Crippen molar-refractivity contribution >= 4 is 64.4 Å². The molecule has 0 fully saturated rings. The van der Waals surface area contributed by atoms with Gasteiger partial charge in [-0.2, -0.15) is 0 Å². The topological polar surface area (TPSA) is 0 Å². The van der Waals surface area contributed by atoms with Gasteiger partial charge in [0.05, 0.1) is 0 Å². The highest BCUT2D eigenvalue weighted by atomic mass is 32.1. The molecule has 2 heteroatoms. The van der Waals surface area contributed by atoms with Crippen molar-refractivity contribution in [2.24, 2.45) is 0 Å². The fraction of sp³-hybridized carbons (Fsp3) is 0.118. The van der Waals surface area contributed by atoms with Crippen LogP contribution in [0.1, 0.15) is 20.9 Å². The third-order valence-electron chi connectivity index (χ3n) is 7.17. The van der Waals surface area contributed by atoms with E-state index in [0.717, 1.165) is 25.7 Å². The van der Waals surface area contributed by atoms with Gasteiger partial charge in [-0.05, 0) is 118 Å². The van der Waals surface area contributed by atoms with E-state index in [1.54, 1.807) is 0 Å². The van der Waals surface area contributed by atoms with Gasteiger partial charge < -0.3 is 0 Å². The highest BCUT2D eigenvalue weighted by Crippen LogP contribution is 2.36. The molecule has 0 aliphatic rings. The van der Waals surface area contributed by atoms with Gasteiger partial charge in [-0.25, -0.2) is 0 Å². The Morgan fingerprint density at radius 2 is 0.750 bits per heavy atom. The summed E-state index contributed by atoms with van der Waals surface area (Å²) < 4.78 is 2.79. The maximum atomic E-state index is 2.40. The molecule has 0 bridgehead atoms. The Hall–Kier alpha value is -3.46. The lowest BCUT2D eigenvalue weighted by Crippen LogP contribution is -1.87. The second-order valence-corrected chi connectivity index (χ2v) is 12.1. The number of hydrogen-bond acceptors (Lipinski definition) is 2. The third kappa shape index (κ3) is 4.32. The van der Waals surface area contributed by atoms with Crippen LogP contribution in [-0.2, 0) is 25.7 Å². The van der Waals surface area contributed by atoms with Crippen molar-refractivity contribution in [1.29, 1.82) is 0 Å². The molecule has 0 saturated carbocycles. The second kappa shape index (κ2) is 9.20. The van der Waals surface area contributed by atoms with Crippen LogP contribution < -0.4 is 0 Å². The van der Waals surface area contributed by atoms with E-state index in [2.05, 4.69) is 109 Å². The Morgan fingerprint density at radius 1 is 0.361 bits per heavy atom. The average molecular weight is 499 g/mol. The van der Waals surface area contributed by atoms with E-state index in [1.807, 2.05) is 22.7 Å². The van der Waals surface area contributed by atoms with Gasteiger partial charge in [-0.1, -0.05) is 60.7 Å². The van der Waals surface area contributed by atoms with E-state index in [4.69, 9.17) is 0 Å². The predicted molar refractivity (Wildman–Crippen MR) is 160 cm³/mol. The molecule has 2 aromatic heterocycles. The van der Waals surface area contributed by atoms with Gasteiger partial charge in [0.2, 0.25) is 0 Å². The van der Waals surface area contributed by atoms with Gasteiger partial charge in [0.15, 0.2) is 0 Å². The molecule has 0 aliphatic heterocycles. The van der Waals surface area contributed by atoms with Crippen LogP contribution in [0.3, 0.4) is 0 Å². The van der Waals surface area contributed by atoms with Gasteiger partial charge in [0.25, 0.3) is 0 Å². The number of fused-ring (bicyclic) bond motifs is 4. The Bertz CT molecular complexity index is 1600. The van der Waals surface area contributed by atoms with E-state index >= 15 is 0 Å². The zero-order chi connectivity index (χ0) is 23.9. The molecular formula is C34H26S2. The van der Waals surface area contributed by atoms with Crippen LogP contribution in [0, 0.1) is 0 Å². The van der Waals surface area contributed by atoms with Crippen molar-refractivity contribution in [1.82, 2.24) is 0 Å². The highest BCUT2D eigenvalue weighted by molar-refractivity contribution is 7.19. The molecule has 0 nitrogen and oxygen atoms in total. The molecule has 0 spiro atoms. The Balaban J connectivity index is 1.19. The molecule has 36 heavy (non-hydrogen) atoms. The summed E-state index contributed by atoms with van der Waals surface area (Å²) in [5.41, 5.74) is 2.82. The van der Waals surface area contributed by atoms with Crippen LogP contribution in [0.4, 0.5) is 0 Å². The van der Waals surface area contributed by atoms with Crippen molar-refractivity contribution in [3.05, 3.63) is 130 Å². The standard InChI is InChI=1S/C34H26S2/c1-3-7-23(8-4-1)11-13-31-19-29-17-25-15-28-22-34-30(18-26(28)16-27(25)21-33(29)35-31)20-32(36-34)14-12-24-9-5-2-6-10-24/h1-10,15-22H,11-14H2. The largest absolute Gasteiger partial charge is 0.140 e. The minimum Gasteiger partial charge on any atom is -0.140 e. The molecule has 0 N–H and O–H groups in total. The first-order valence-corrected chi connectivity index (χ1v) is 14.3. The first-order chi connectivity index (χ1) is 17.8. The first-order valence-electron chi connectivity index (χ1n) is 12.7. The summed E-state index contributed by atoms with van der Waals surface area (Å²) in [5, 5.41) is 8.09. The van der Waals surface area contributed by atoms with E-state index in [9.17, 15) is 0 Å². The average Bonchev–Trinajstić information content (AvgIpc) is 3.50. The maximum Gasteiger partial charge on any atom is 0.0352 e. The summed E-state index contributed by atoms with van der Waals surface area (Å²) in [6, 6.07) is 40.7. The summed E-state index contributed by atoms with van der Waals surface area (Å²) >= 11 is 3.90. The SMILES string of the molecule is c1ccc(CCc2cc3cc4cc5cc6sc(CCc7ccccc7)cc6cc5cc4cc3s2)cc1. The van der Waals surface area contributed by atoms with Gasteiger partial charge in [-0.3, -0.25) is 0 Å². The molecule has 0 unspecified atom stereocenters. The smallest absolute Gasteiger partial charge is 0.0352 e. The van der Waals surface area contributed by atoms with Crippen molar-refractivity contribution in [2.45, 2.75) is 25.7 Å². The molecule has 5 aromatic carbocycles. The van der Waals surface area contributed by atoms with Crippen molar-refractivity contribution in [2.75, 3.05) is 0 Å². The van der Waals surface area contributed by atoms with Crippen LogP contribution in [-0.4, -0.2) is 0 Å². The summed E-state index contributed by atoms with van der Waals surface area (Å²) in [6.07, 6.45) is 4.40. The zero-order valence-electron chi connectivity index (χ0n) is 20.0. The van der Waals surface area contributed by atoms with Crippen LogP contribution in [0.2, 0.25) is 0 Å². The van der Waals surface area contributed by atoms with Gasteiger partial charge in [0.1, 0.15) is 0 Å². The molecule has 2 heterocycles. The van der Waals surface area contributed by atoms with E-state index in [-0.39, 0.29) is 0 Å². The summed E-state index contributed by atoms with van der Waals surface area (Å²) in [5.74, 6) is 0. The summed E-state index contributed by atoms with van der Waals surface area (Å²) in [6.45, 7) is 0. The van der Waals surface area contributed by atoms with Gasteiger partial charge >= 0.3 is 0 Å². The Morgan fingerprint density at radius 3 is 1.19 bits per heavy atom. The van der Waals surface area contributed by atoms with Crippen molar-refractivity contribution in [3.63, 3.8) is 0 Å². The molecule has 174 valence electrons. The molecule has 7 rings (SSSR count). The number of rotatable bonds is 6. The fourth-order valence-electron chi connectivity index (χ4n) is 5.26. The molecule has 0 saturated heterocycles. The Labute approximate surface area is 219 Å².